The van der Waals surface area contributed by atoms with Crippen LogP contribution in [0.3, 0.4) is 0 Å². The third-order valence-electron chi connectivity index (χ3n) is 6.10. The van der Waals surface area contributed by atoms with Crippen LogP contribution in [0, 0.1) is 5.92 Å². The van der Waals surface area contributed by atoms with Crippen molar-refractivity contribution >= 4 is 5.91 Å². The van der Waals surface area contributed by atoms with Crippen molar-refractivity contribution < 1.29 is 4.79 Å². The Morgan fingerprint density at radius 3 is 2.48 bits per heavy atom. The molecule has 31 heavy (non-hydrogen) atoms. The van der Waals surface area contributed by atoms with Crippen molar-refractivity contribution in [1.82, 2.24) is 20.2 Å². The Bertz CT molecular complexity index is 949. The number of pyridine rings is 2. The molecule has 1 N–H and O–H groups in total. The fraction of sp³-hybridized carbons (Fsp3) is 0.346. The van der Waals surface area contributed by atoms with Crippen LogP contribution in [0.4, 0.5) is 0 Å². The van der Waals surface area contributed by atoms with E-state index < -0.39 is 0 Å². The smallest absolute Gasteiger partial charge is 0.270 e. The molecule has 3 atom stereocenters. The van der Waals surface area contributed by atoms with Gasteiger partial charge in [0.15, 0.2) is 0 Å². The largest absolute Gasteiger partial charge is 0.342 e. The van der Waals surface area contributed by atoms with Crippen LogP contribution < -0.4 is 5.32 Å². The van der Waals surface area contributed by atoms with Crippen molar-refractivity contribution in [1.29, 1.82) is 0 Å². The van der Waals surface area contributed by atoms with E-state index >= 15 is 0 Å². The van der Waals surface area contributed by atoms with Gasteiger partial charge in [0.1, 0.15) is 5.69 Å². The number of benzene rings is 1. The van der Waals surface area contributed by atoms with E-state index in [1.165, 1.54) is 5.56 Å². The Hall–Kier alpha value is -3.05. The highest BCUT2D eigenvalue weighted by Crippen LogP contribution is 2.30. The van der Waals surface area contributed by atoms with E-state index in [1.807, 2.05) is 30.3 Å². The second-order valence-electron chi connectivity index (χ2n) is 8.39. The van der Waals surface area contributed by atoms with Crippen LogP contribution in [0.15, 0.2) is 79.1 Å². The molecule has 5 heteroatoms. The molecule has 1 aliphatic heterocycles. The van der Waals surface area contributed by atoms with Crippen molar-refractivity contribution in [3.63, 3.8) is 0 Å². The molecule has 0 saturated carbocycles. The maximum absolute atomic E-state index is 12.9. The van der Waals surface area contributed by atoms with E-state index in [2.05, 4.69) is 57.4 Å². The number of piperidine rings is 1. The lowest BCUT2D eigenvalue weighted by Crippen LogP contribution is -2.44. The van der Waals surface area contributed by atoms with Gasteiger partial charge in [0, 0.05) is 25.5 Å². The average Bonchev–Trinajstić information content (AvgIpc) is 2.84. The van der Waals surface area contributed by atoms with E-state index in [1.54, 1.807) is 18.5 Å². The van der Waals surface area contributed by atoms with Gasteiger partial charge in [-0.25, -0.2) is 0 Å². The molecule has 0 unspecified atom stereocenters. The van der Waals surface area contributed by atoms with Gasteiger partial charge in [-0.15, -0.1) is 0 Å². The van der Waals surface area contributed by atoms with Gasteiger partial charge in [0.2, 0.25) is 0 Å². The normalized spacial score (nSPS) is 18.8. The van der Waals surface area contributed by atoms with Crippen LogP contribution in [0.25, 0.3) is 0 Å². The number of nitrogens with one attached hydrogen (secondary N) is 1. The lowest BCUT2D eigenvalue weighted by atomic mass is 9.87. The number of likely N-dealkylation sites (tertiary alicyclic amines) is 1. The quantitative estimate of drug-likeness (QED) is 0.620. The number of carbonyl (C=O) groups is 1. The Balaban J connectivity index is 1.49. The van der Waals surface area contributed by atoms with Gasteiger partial charge < -0.3 is 10.2 Å². The first-order valence-corrected chi connectivity index (χ1v) is 11.1. The Labute approximate surface area is 184 Å². The minimum atomic E-state index is -0.147. The van der Waals surface area contributed by atoms with Crippen LogP contribution in [-0.2, 0) is 0 Å². The van der Waals surface area contributed by atoms with Crippen LogP contribution >= 0.6 is 0 Å². The monoisotopic (exact) mass is 414 g/mol. The highest BCUT2D eigenvalue weighted by atomic mass is 16.1. The number of aromatic nitrogens is 2. The summed E-state index contributed by atoms with van der Waals surface area (Å²) in [6.45, 7) is 5.35. The summed E-state index contributed by atoms with van der Waals surface area (Å²) >= 11 is 0. The average molecular weight is 415 g/mol. The standard InChI is InChI=1S/C26H30N4O/c1-20(21-10-3-2-4-11-21)18-30-17-9-12-22(19-30)25(23-13-5-7-15-27-23)29-26(31)24-14-6-8-16-28-24/h2-8,10-11,13-16,20,22,25H,9,12,17-19H2,1H3,(H,29,31)/t20-,22+,25+/m1/s1. The molecule has 0 spiro atoms. The fourth-order valence-corrected chi connectivity index (χ4v) is 4.51. The van der Waals surface area contributed by atoms with Crippen molar-refractivity contribution in [3.8, 4) is 0 Å². The predicted octanol–water partition coefficient (Wildman–Crippen LogP) is 4.46. The highest BCUT2D eigenvalue weighted by Gasteiger charge is 2.31. The number of carbonyl (C=O) groups excluding carboxylic acids is 1. The lowest BCUT2D eigenvalue weighted by molar-refractivity contribution is 0.0872. The molecule has 3 heterocycles. The van der Waals surface area contributed by atoms with Crippen LogP contribution in [0.2, 0.25) is 0 Å². The molecule has 1 fully saturated rings. The van der Waals surface area contributed by atoms with Gasteiger partial charge in [-0.3, -0.25) is 14.8 Å². The van der Waals surface area contributed by atoms with Gasteiger partial charge in [0.05, 0.1) is 11.7 Å². The van der Waals surface area contributed by atoms with Crippen LogP contribution in [-0.4, -0.2) is 40.4 Å². The molecule has 4 rings (SSSR count). The molecule has 1 amide bonds. The number of hydrogen-bond acceptors (Lipinski definition) is 4. The SMILES string of the molecule is C[C@H](CN1CCC[C@H]([C@H](NC(=O)c2ccccn2)c2ccccn2)C1)c1ccccc1. The molecule has 1 saturated heterocycles. The number of amides is 1. The maximum Gasteiger partial charge on any atom is 0.270 e. The maximum atomic E-state index is 12.9. The van der Waals surface area contributed by atoms with Crippen LogP contribution in [0.5, 0.6) is 0 Å². The topological polar surface area (TPSA) is 58.1 Å². The summed E-state index contributed by atoms with van der Waals surface area (Å²) < 4.78 is 0. The summed E-state index contributed by atoms with van der Waals surface area (Å²) in [7, 11) is 0. The van der Waals surface area contributed by atoms with Crippen molar-refractivity contribution in [2.45, 2.75) is 31.7 Å². The zero-order valence-electron chi connectivity index (χ0n) is 18.0. The molecule has 2 aromatic heterocycles. The van der Waals surface area contributed by atoms with E-state index in [-0.39, 0.29) is 11.9 Å². The number of rotatable bonds is 7. The van der Waals surface area contributed by atoms with Gasteiger partial charge >= 0.3 is 0 Å². The first kappa shape index (κ1) is 21.2. The summed E-state index contributed by atoms with van der Waals surface area (Å²) in [5.41, 5.74) is 2.72. The first-order chi connectivity index (χ1) is 15.2. The number of nitrogens with zero attached hydrogens (tertiary/aromatic N) is 3. The summed E-state index contributed by atoms with van der Waals surface area (Å²) in [5, 5.41) is 3.23. The minimum absolute atomic E-state index is 0.134. The zero-order chi connectivity index (χ0) is 21.5. The molecule has 3 aromatic rings. The zero-order valence-corrected chi connectivity index (χ0v) is 18.0. The Morgan fingerprint density at radius 1 is 1.03 bits per heavy atom. The molecular weight excluding hydrogens is 384 g/mol. The second kappa shape index (κ2) is 10.3. The summed E-state index contributed by atoms with van der Waals surface area (Å²) in [6, 6.07) is 21.9. The third kappa shape index (κ3) is 5.56. The van der Waals surface area contributed by atoms with E-state index in [0.717, 1.165) is 38.2 Å². The molecule has 1 aliphatic rings. The molecular formula is C26H30N4O. The molecule has 1 aromatic carbocycles. The molecule has 0 aliphatic carbocycles. The molecule has 160 valence electrons. The molecule has 5 nitrogen and oxygen atoms in total. The van der Waals surface area contributed by atoms with E-state index in [0.29, 0.717) is 17.5 Å². The fourth-order valence-electron chi connectivity index (χ4n) is 4.51. The predicted molar refractivity (Wildman–Crippen MR) is 123 cm³/mol. The summed E-state index contributed by atoms with van der Waals surface area (Å²) in [6.07, 6.45) is 5.64. The lowest BCUT2D eigenvalue weighted by Gasteiger charge is -2.38. The van der Waals surface area contributed by atoms with Gasteiger partial charge in [-0.2, -0.15) is 0 Å². The van der Waals surface area contributed by atoms with Gasteiger partial charge in [-0.05, 0) is 61.1 Å². The summed E-state index contributed by atoms with van der Waals surface area (Å²) in [4.78, 5) is 24.2. The number of hydrogen-bond donors (Lipinski definition) is 1. The Morgan fingerprint density at radius 2 is 1.77 bits per heavy atom. The van der Waals surface area contributed by atoms with Crippen molar-refractivity contribution in [2.24, 2.45) is 5.92 Å². The minimum Gasteiger partial charge on any atom is -0.342 e. The van der Waals surface area contributed by atoms with Crippen molar-refractivity contribution in [2.75, 3.05) is 19.6 Å². The molecule has 0 bridgehead atoms. The van der Waals surface area contributed by atoms with Gasteiger partial charge in [0.25, 0.3) is 5.91 Å². The first-order valence-electron chi connectivity index (χ1n) is 11.1. The third-order valence-corrected chi connectivity index (χ3v) is 6.10. The second-order valence-corrected chi connectivity index (χ2v) is 8.39. The summed E-state index contributed by atoms with van der Waals surface area (Å²) in [5.74, 6) is 0.627. The van der Waals surface area contributed by atoms with E-state index in [9.17, 15) is 4.79 Å². The molecule has 0 radical (unpaired) electrons. The van der Waals surface area contributed by atoms with Crippen molar-refractivity contribution in [3.05, 3.63) is 96.1 Å². The highest BCUT2D eigenvalue weighted by molar-refractivity contribution is 5.92. The van der Waals surface area contributed by atoms with E-state index in [4.69, 9.17) is 0 Å². The van der Waals surface area contributed by atoms with Crippen LogP contribution in [0.1, 0.15) is 53.5 Å². The Kier molecular flexibility index (Phi) is 7.05. The van der Waals surface area contributed by atoms with Gasteiger partial charge in [-0.1, -0.05) is 49.4 Å².